The van der Waals surface area contributed by atoms with Crippen molar-refractivity contribution in [2.75, 3.05) is 6.61 Å². The molecule has 4 rings (SSSR count). The number of ether oxygens (including phenoxy) is 2. The SMILES string of the molecule is CCOC(=O)C1=C(C)N=c2s/c(=C\c3cc(Br)ccc3OC(C)=O)c(=O)n2[C@H]1c1ccc(Cl)cc1. The fraction of sp³-hybridized carbons (Fsp3) is 0.200. The van der Waals surface area contributed by atoms with Crippen LogP contribution in [0.25, 0.3) is 6.08 Å². The number of carbonyl (C=O) groups is 2. The lowest BCUT2D eigenvalue weighted by atomic mass is 9.96. The van der Waals surface area contributed by atoms with Gasteiger partial charge in [0.25, 0.3) is 5.56 Å². The Morgan fingerprint density at radius 1 is 1.23 bits per heavy atom. The van der Waals surface area contributed by atoms with Crippen LogP contribution in [0.1, 0.15) is 37.9 Å². The lowest BCUT2D eigenvalue weighted by Gasteiger charge is -2.24. The topological polar surface area (TPSA) is 87.0 Å². The van der Waals surface area contributed by atoms with Crippen molar-refractivity contribution in [2.45, 2.75) is 26.8 Å². The molecular weight excluding hydrogens is 556 g/mol. The minimum absolute atomic E-state index is 0.190. The molecule has 1 atom stereocenters. The summed E-state index contributed by atoms with van der Waals surface area (Å²) in [5, 5.41) is 0.534. The maximum absolute atomic E-state index is 13.7. The first-order chi connectivity index (χ1) is 16.7. The van der Waals surface area contributed by atoms with Crippen LogP contribution >= 0.6 is 38.9 Å². The van der Waals surface area contributed by atoms with Gasteiger partial charge in [0, 0.05) is 22.0 Å². The average Bonchev–Trinajstić information content (AvgIpc) is 3.09. The summed E-state index contributed by atoms with van der Waals surface area (Å²) in [6, 6.07) is 11.4. The maximum atomic E-state index is 13.7. The number of hydrogen-bond donors (Lipinski definition) is 0. The number of thiazole rings is 1. The summed E-state index contributed by atoms with van der Waals surface area (Å²) in [6.07, 6.45) is 1.65. The van der Waals surface area contributed by atoms with Crippen LogP contribution in [-0.4, -0.2) is 23.1 Å². The second kappa shape index (κ2) is 10.3. The number of allylic oxidation sites excluding steroid dienone is 1. The maximum Gasteiger partial charge on any atom is 0.338 e. The highest BCUT2D eigenvalue weighted by molar-refractivity contribution is 9.10. The molecule has 0 amide bonds. The van der Waals surface area contributed by atoms with Crippen molar-refractivity contribution in [2.24, 2.45) is 4.99 Å². The standard InChI is InChI=1S/C25H20BrClN2O5S/c1-4-33-24(32)21-13(2)28-25-29(22(21)15-5-8-18(27)9-6-15)23(31)20(35-25)12-16-11-17(26)7-10-19(16)34-14(3)30/h5-12,22H,4H2,1-3H3/b20-12-/t22-/m0/s1. The van der Waals surface area contributed by atoms with Crippen LogP contribution in [-0.2, 0) is 14.3 Å². The average molecular weight is 576 g/mol. The number of fused-ring (bicyclic) bond motifs is 1. The molecule has 35 heavy (non-hydrogen) atoms. The van der Waals surface area contributed by atoms with Gasteiger partial charge in [0.05, 0.1) is 28.5 Å². The number of esters is 2. The van der Waals surface area contributed by atoms with Gasteiger partial charge < -0.3 is 9.47 Å². The molecule has 7 nitrogen and oxygen atoms in total. The zero-order valence-electron chi connectivity index (χ0n) is 19.0. The molecular formula is C25H20BrClN2O5S. The molecule has 1 aliphatic heterocycles. The van der Waals surface area contributed by atoms with Crippen LogP contribution in [0.15, 0.2) is 68.0 Å². The Morgan fingerprint density at radius 2 is 1.94 bits per heavy atom. The van der Waals surface area contributed by atoms with Gasteiger partial charge in [-0.05, 0) is 55.8 Å². The highest BCUT2D eigenvalue weighted by Gasteiger charge is 2.33. The number of benzene rings is 2. The molecule has 2 heterocycles. The van der Waals surface area contributed by atoms with E-state index in [9.17, 15) is 14.4 Å². The minimum Gasteiger partial charge on any atom is -0.463 e. The van der Waals surface area contributed by atoms with E-state index in [0.717, 1.165) is 4.47 Å². The molecule has 1 aromatic heterocycles. The molecule has 0 aliphatic carbocycles. The zero-order valence-corrected chi connectivity index (χ0v) is 22.2. The van der Waals surface area contributed by atoms with Crippen molar-refractivity contribution in [1.82, 2.24) is 4.57 Å². The first-order valence-corrected chi connectivity index (χ1v) is 12.6. The van der Waals surface area contributed by atoms with Crippen molar-refractivity contribution in [3.05, 3.63) is 94.0 Å². The van der Waals surface area contributed by atoms with E-state index in [1.165, 1.54) is 22.8 Å². The molecule has 180 valence electrons. The lowest BCUT2D eigenvalue weighted by molar-refractivity contribution is -0.139. The number of halogens is 2. The summed E-state index contributed by atoms with van der Waals surface area (Å²) in [5.41, 5.74) is 1.67. The first-order valence-electron chi connectivity index (χ1n) is 10.6. The van der Waals surface area contributed by atoms with Crippen molar-refractivity contribution in [1.29, 1.82) is 0 Å². The fourth-order valence-electron chi connectivity index (χ4n) is 3.77. The largest absolute Gasteiger partial charge is 0.463 e. The third kappa shape index (κ3) is 5.17. The third-order valence-electron chi connectivity index (χ3n) is 5.21. The third-order valence-corrected chi connectivity index (χ3v) is 6.94. The second-order valence-corrected chi connectivity index (χ2v) is 9.99. The molecule has 3 aromatic rings. The van der Waals surface area contributed by atoms with E-state index in [1.54, 1.807) is 62.4 Å². The molecule has 0 fully saturated rings. The molecule has 0 saturated carbocycles. The molecule has 1 aliphatic rings. The number of nitrogens with zero attached hydrogens (tertiary/aromatic N) is 2. The number of rotatable bonds is 5. The molecule has 2 aromatic carbocycles. The molecule has 0 saturated heterocycles. The summed E-state index contributed by atoms with van der Waals surface area (Å²) < 4.78 is 13.2. The van der Waals surface area contributed by atoms with E-state index >= 15 is 0 Å². The van der Waals surface area contributed by atoms with E-state index in [2.05, 4.69) is 20.9 Å². The minimum atomic E-state index is -0.736. The fourth-order valence-corrected chi connectivity index (χ4v) is 5.32. The summed E-state index contributed by atoms with van der Waals surface area (Å²) in [6.45, 7) is 4.94. The predicted octanol–water partition coefficient (Wildman–Crippen LogP) is 4.14. The van der Waals surface area contributed by atoms with Crippen molar-refractivity contribution < 1.29 is 19.1 Å². The number of carbonyl (C=O) groups excluding carboxylic acids is 2. The summed E-state index contributed by atoms with van der Waals surface area (Å²) in [7, 11) is 0. The van der Waals surface area contributed by atoms with Gasteiger partial charge in [-0.15, -0.1) is 0 Å². The molecule has 0 radical (unpaired) electrons. The van der Waals surface area contributed by atoms with E-state index in [4.69, 9.17) is 21.1 Å². The van der Waals surface area contributed by atoms with Gasteiger partial charge >= 0.3 is 11.9 Å². The second-order valence-electron chi connectivity index (χ2n) is 7.63. The summed E-state index contributed by atoms with van der Waals surface area (Å²) >= 11 is 10.7. The van der Waals surface area contributed by atoms with Gasteiger partial charge in [-0.2, -0.15) is 0 Å². The van der Waals surface area contributed by atoms with Gasteiger partial charge in [-0.25, -0.2) is 9.79 Å². The first kappa shape index (κ1) is 25.1. The molecule has 0 unspecified atom stereocenters. The van der Waals surface area contributed by atoms with Gasteiger partial charge in [-0.3, -0.25) is 14.2 Å². The zero-order chi connectivity index (χ0) is 25.3. The van der Waals surface area contributed by atoms with Gasteiger partial charge in [0.2, 0.25) is 0 Å². The molecule has 0 bridgehead atoms. The van der Waals surface area contributed by atoms with Crippen molar-refractivity contribution in [3.63, 3.8) is 0 Å². The molecule has 10 heteroatoms. The normalized spacial score (nSPS) is 15.5. The van der Waals surface area contributed by atoms with E-state index in [-0.39, 0.29) is 17.7 Å². The van der Waals surface area contributed by atoms with Gasteiger partial charge in [0.1, 0.15) is 5.75 Å². The monoisotopic (exact) mass is 574 g/mol. The Labute approximate surface area is 218 Å². The van der Waals surface area contributed by atoms with Crippen LogP contribution in [0.4, 0.5) is 0 Å². The van der Waals surface area contributed by atoms with Crippen LogP contribution < -0.4 is 19.6 Å². The quantitative estimate of drug-likeness (QED) is 0.337. The summed E-state index contributed by atoms with van der Waals surface area (Å²) in [4.78, 5) is 43.2. The highest BCUT2D eigenvalue weighted by Crippen LogP contribution is 2.31. The van der Waals surface area contributed by atoms with Crippen molar-refractivity contribution in [3.8, 4) is 5.75 Å². The van der Waals surface area contributed by atoms with E-state index < -0.39 is 18.0 Å². The van der Waals surface area contributed by atoms with Crippen LogP contribution in [0, 0.1) is 0 Å². The predicted molar refractivity (Wildman–Crippen MR) is 137 cm³/mol. The van der Waals surface area contributed by atoms with E-state index in [0.29, 0.717) is 36.9 Å². The van der Waals surface area contributed by atoms with Crippen LogP contribution in [0.2, 0.25) is 5.02 Å². The Balaban J connectivity index is 1.96. The molecule has 0 spiro atoms. The highest BCUT2D eigenvalue weighted by atomic mass is 79.9. The van der Waals surface area contributed by atoms with Crippen LogP contribution in [0.3, 0.4) is 0 Å². The van der Waals surface area contributed by atoms with Crippen LogP contribution in [0.5, 0.6) is 5.75 Å². The smallest absolute Gasteiger partial charge is 0.338 e. The lowest BCUT2D eigenvalue weighted by Crippen LogP contribution is -2.39. The number of aromatic nitrogens is 1. The Morgan fingerprint density at radius 3 is 2.60 bits per heavy atom. The Hall–Kier alpha value is -3.01. The molecule has 0 N–H and O–H groups in total. The van der Waals surface area contributed by atoms with Crippen molar-refractivity contribution >= 4 is 56.9 Å². The Kier molecular flexibility index (Phi) is 7.39. The Bertz CT molecular complexity index is 1540. The van der Waals surface area contributed by atoms with Gasteiger partial charge in [-0.1, -0.05) is 51.0 Å². The summed E-state index contributed by atoms with van der Waals surface area (Å²) in [5.74, 6) is -0.683. The van der Waals surface area contributed by atoms with E-state index in [1.807, 2.05) is 0 Å². The number of hydrogen-bond acceptors (Lipinski definition) is 7. The van der Waals surface area contributed by atoms with Gasteiger partial charge in [0.15, 0.2) is 4.80 Å².